The molecule has 0 aromatic heterocycles. The lowest BCUT2D eigenvalue weighted by Crippen LogP contribution is -2.09. The van der Waals surface area contributed by atoms with Crippen LogP contribution in [0.3, 0.4) is 0 Å². The molecule has 0 unspecified atom stereocenters. The quantitative estimate of drug-likeness (QED) is 0.803. The van der Waals surface area contributed by atoms with Gasteiger partial charge in [-0.1, -0.05) is 8.58 Å². The molecule has 0 atom stereocenters. The van der Waals surface area contributed by atoms with E-state index in [9.17, 15) is 8.78 Å². The van der Waals surface area contributed by atoms with Gasteiger partial charge in [0.25, 0.3) is 0 Å². The molecule has 0 spiro atoms. The molecule has 0 aliphatic carbocycles. The van der Waals surface area contributed by atoms with Gasteiger partial charge in [0.2, 0.25) is 0 Å². The molecule has 0 N–H and O–H groups in total. The molecule has 0 aliphatic heterocycles. The van der Waals surface area contributed by atoms with Crippen LogP contribution in [0.5, 0.6) is 11.5 Å². The van der Waals surface area contributed by atoms with Crippen molar-refractivity contribution < 1.29 is 18.3 Å². The fraction of sp³-hybridized carbons (Fsp3) is 0.143. The zero-order valence-corrected chi connectivity index (χ0v) is 11.5. The summed E-state index contributed by atoms with van der Waals surface area (Å²) >= 11 is 0. The highest BCUT2D eigenvalue weighted by molar-refractivity contribution is 7.56. The molecule has 0 amide bonds. The van der Waals surface area contributed by atoms with Gasteiger partial charge in [-0.25, -0.2) is 8.78 Å². The molecule has 0 heterocycles. The number of rotatable bonds is 4. The van der Waals surface area contributed by atoms with E-state index in [1.54, 1.807) is 12.1 Å². The zero-order valence-electron chi connectivity index (χ0n) is 10.5. The second-order valence-electron chi connectivity index (χ2n) is 3.81. The minimum atomic E-state index is -0.350. The van der Waals surface area contributed by atoms with E-state index in [2.05, 4.69) is 0 Å². The summed E-state index contributed by atoms with van der Waals surface area (Å²) in [5, 5.41) is 1.68. The Balaban J connectivity index is 2.36. The van der Waals surface area contributed by atoms with Crippen molar-refractivity contribution in [3.63, 3.8) is 0 Å². The molecule has 2 aromatic rings. The first-order chi connectivity index (χ1) is 9.13. The monoisotopic (exact) mass is 282 g/mol. The lowest BCUT2D eigenvalue weighted by atomic mass is 10.3. The molecular formula is C14H13F2O2P. The normalized spacial score (nSPS) is 10.3. The van der Waals surface area contributed by atoms with Gasteiger partial charge in [0.05, 0.1) is 14.2 Å². The van der Waals surface area contributed by atoms with Crippen LogP contribution >= 0.6 is 8.58 Å². The highest BCUT2D eigenvalue weighted by Gasteiger charge is 2.10. The second kappa shape index (κ2) is 5.98. The zero-order chi connectivity index (χ0) is 13.8. The second-order valence-corrected chi connectivity index (χ2v) is 5.14. The number of hydrogen-bond acceptors (Lipinski definition) is 2. The van der Waals surface area contributed by atoms with Gasteiger partial charge in [0, 0.05) is 22.7 Å². The van der Waals surface area contributed by atoms with Gasteiger partial charge in [-0.3, -0.25) is 0 Å². The molecule has 100 valence electrons. The van der Waals surface area contributed by atoms with Crippen LogP contribution in [-0.4, -0.2) is 14.2 Å². The summed E-state index contributed by atoms with van der Waals surface area (Å²) < 4.78 is 36.5. The Morgan fingerprint density at radius 1 is 0.789 bits per heavy atom. The van der Waals surface area contributed by atoms with Crippen LogP contribution in [0.25, 0.3) is 0 Å². The largest absolute Gasteiger partial charge is 0.496 e. The molecule has 19 heavy (non-hydrogen) atoms. The van der Waals surface area contributed by atoms with E-state index >= 15 is 0 Å². The predicted molar refractivity (Wildman–Crippen MR) is 73.5 cm³/mol. The van der Waals surface area contributed by atoms with E-state index in [-0.39, 0.29) is 20.2 Å². The van der Waals surface area contributed by atoms with Crippen LogP contribution in [0.4, 0.5) is 8.78 Å². The molecule has 0 bridgehead atoms. The molecule has 2 nitrogen and oxygen atoms in total. The third-order valence-corrected chi connectivity index (χ3v) is 3.96. The van der Waals surface area contributed by atoms with Gasteiger partial charge >= 0.3 is 0 Å². The average Bonchev–Trinajstić information content (AvgIpc) is 2.42. The van der Waals surface area contributed by atoms with E-state index in [4.69, 9.17) is 9.47 Å². The summed E-state index contributed by atoms with van der Waals surface area (Å²) in [6.45, 7) is 0. The van der Waals surface area contributed by atoms with Gasteiger partial charge in [-0.05, 0) is 24.3 Å². The first-order valence-electron chi connectivity index (χ1n) is 5.58. The number of hydrogen-bond donors (Lipinski definition) is 0. The van der Waals surface area contributed by atoms with Crippen LogP contribution < -0.4 is 20.1 Å². The molecule has 5 heteroatoms. The fourth-order valence-corrected chi connectivity index (χ4v) is 2.90. The summed E-state index contributed by atoms with van der Waals surface area (Å²) in [7, 11) is 3.18. The highest BCUT2D eigenvalue weighted by atomic mass is 31.1. The van der Waals surface area contributed by atoms with Crippen LogP contribution in [0.2, 0.25) is 0 Å². The molecule has 0 saturated carbocycles. The van der Waals surface area contributed by atoms with Crippen molar-refractivity contribution in [2.24, 2.45) is 0 Å². The van der Waals surface area contributed by atoms with E-state index in [0.29, 0.717) is 11.5 Å². The summed E-state index contributed by atoms with van der Waals surface area (Å²) in [4.78, 5) is 0. The van der Waals surface area contributed by atoms with E-state index < -0.39 is 0 Å². The summed E-state index contributed by atoms with van der Waals surface area (Å²) in [5.41, 5.74) is 0. The highest BCUT2D eigenvalue weighted by Crippen LogP contribution is 2.24. The SMILES string of the molecule is COc1cc(F)ccc1Pc1ccc(F)cc1OC. The van der Waals surface area contributed by atoms with Crippen molar-refractivity contribution in [1.29, 1.82) is 0 Å². The Morgan fingerprint density at radius 3 is 1.58 bits per heavy atom. The maximum absolute atomic E-state index is 13.1. The first-order valence-corrected chi connectivity index (χ1v) is 6.58. The molecular weight excluding hydrogens is 269 g/mol. The Labute approximate surface area is 112 Å². The van der Waals surface area contributed by atoms with Crippen molar-refractivity contribution in [3.05, 3.63) is 48.0 Å². The van der Waals surface area contributed by atoms with E-state index in [1.165, 1.54) is 38.5 Å². The lowest BCUT2D eigenvalue weighted by Gasteiger charge is -2.11. The van der Waals surface area contributed by atoms with Gasteiger partial charge in [0.1, 0.15) is 23.1 Å². The van der Waals surface area contributed by atoms with Crippen LogP contribution in [-0.2, 0) is 0 Å². The van der Waals surface area contributed by atoms with Gasteiger partial charge in [-0.2, -0.15) is 0 Å². The molecule has 0 fully saturated rings. The molecule has 2 rings (SSSR count). The Morgan fingerprint density at radius 2 is 1.21 bits per heavy atom. The van der Waals surface area contributed by atoms with E-state index in [1.807, 2.05) is 0 Å². The predicted octanol–water partition coefficient (Wildman–Crippen LogP) is 2.61. The van der Waals surface area contributed by atoms with Crippen molar-refractivity contribution in [2.45, 2.75) is 0 Å². The minimum absolute atomic E-state index is 0.197. The summed E-state index contributed by atoms with van der Waals surface area (Å²) in [6.07, 6.45) is 0. The average molecular weight is 282 g/mol. The Kier molecular flexibility index (Phi) is 4.33. The van der Waals surface area contributed by atoms with Crippen molar-refractivity contribution in [1.82, 2.24) is 0 Å². The van der Waals surface area contributed by atoms with Crippen LogP contribution in [0, 0.1) is 11.6 Å². The maximum Gasteiger partial charge on any atom is 0.129 e. The standard InChI is InChI=1S/C14H13F2O2P/c1-17-11-7-9(15)3-5-13(11)19-14-6-4-10(16)8-12(14)18-2/h3-8,19H,1-2H3. The summed E-state index contributed by atoms with van der Waals surface area (Å²) in [6, 6.07) is 8.74. The van der Waals surface area contributed by atoms with Crippen molar-refractivity contribution >= 4 is 19.2 Å². The number of ether oxygens (including phenoxy) is 2. The Hall–Kier alpha value is -1.67. The third kappa shape index (κ3) is 3.21. The minimum Gasteiger partial charge on any atom is -0.496 e. The molecule has 0 radical (unpaired) electrons. The summed E-state index contributed by atoms with van der Waals surface area (Å²) in [5.74, 6) is 0.252. The van der Waals surface area contributed by atoms with Gasteiger partial charge in [-0.15, -0.1) is 0 Å². The third-order valence-electron chi connectivity index (χ3n) is 2.60. The van der Waals surface area contributed by atoms with Crippen molar-refractivity contribution in [2.75, 3.05) is 14.2 Å². The first kappa shape index (κ1) is 13.8. The number of benzene rings is 2. The smallest absolute Gasteiger partial charge is 0.129 e. The fourth-order valence-electron chi connectivity index (χ4n) is 1.68. The Bertz CT molecular complexity index is 536. The number of halogens is 2. The van der Waals surface area contributed by atoms with Gasteiger partial charge in [0.15, 0.2) is 0 Å². The van der Waals surface area contributed by atoms with E-state index in [0.717, 1.165) is 10.6 Å². The maximum atomic E-state index is 13.1. The van der Waals surface area contributed by atoms with Crippen LogP contribution in [0.1, 0.15) is 0 Å². The number of methoxy groups -OCH3 is 2. The van der Waals surface area contributed by atoms with Crippen molar-refractivity contribution in [3.8, 4) is 11.5 Å². The van der Waals surface area contributed by atoms with Crippen LogP contribution in [0.15, 0.2) is 36.4 Å². The molecule has 0 aliphatic rings. The molecule has 2 aromatic carbocycles. The topological polar surface area (TPSA) is 18.5 Å². The lowest BCUT2D eigenvalue weighted by molar-refractivity contribution is 0.414. The van der Waals surface area contributed by atoms with Gasteiger partial charge < -0.3 is 9.47 Å². The molecule has 0 saturated heterocycles.